The lowest BCUT2D eigenvalue weighted by Crippen LogP contribution is -2.58. The van der Waals surface area contributed by atoms with Gasteiger partial charge in [-0.2, -0.15) is 0 Å². The second-order valence-corrected chi connectivity index (χ2v) is 10.3. The van der Waals surface area contributed by atoms with Gasteiger partial charge in [0.2, 0.25) is 0 Å². The predicted octanol–water partition coefficient (Wildman–Crippen LogP) is 5.22. The molecule has 3 aliphatic rings. The van der Waals surface area contributed by atoms with E-state index in [1.807, 2.05) is 6.07 Å². The molecule has 0 radical (unpaired) electrons. The zero-order valence-corrected chi connectivity index (χ0v) is 17.0. The highest BCUT2D eigenvalue weighted by molar-refractivity contribution is 8.20. The summed E-state index contributed by atoms with van der Waals surface area (Å²) in [5.74, 6) is 3.01. The molecule has 1 unspecified atom stereocenters. The van der Waals surface area contributed by atoms with Crippen LogP contribution in [0.3, 0.4) is 0 Å². The minimum absolute atomic E-state index is 0.0284. The highest BCUT2D eigenvalue weighted by Crippen LogP contribution is 2.53. The van der Waals surface area contributed by atoms with Crippen molar-refractivity contribution in [3.8, 4) is 0 Å². The number of benzene rings is 1. The molecule has 5 heteroatoms. The Morgan fingerprint density at radius 2 is 1.69 bits per heavy atom. The Morgan fingerprint density at radius 3 is 2.42 bits per heavy atom. The summed E-state index contributed by atoms with van der Waals surface area (Å²) >= 11 is 3.61. The number of carbonyl (C=O) groups excluding carboxylic acids is 1. The summed E-state index contributed by atoms with van der Waals surface area (Å²) in [5, 5.41) is 0. The first kappa shape index (κ1) is 18.3. The summed E-state index contributed by atoms with van der Waals surface area (Å²) in [5.41, 5.74) is 2.55. The van der Waals surface area contributed by atoms with Gasteiger partial charge in [0.1, 0.15) is 5.76 Å². The van der Waals surface area contributed by atoms with Crippen molar-refractivity contribution in [3.63, 3.8) is 0 Å². The van der Waals surface area contributed by atoms with Gasteiger partial charge in [-0.3, -0.25) is 0 Å². The van der Waals surface area contributed by atoms with Crippen molar-refractivity contribution in [1.29, 1.82) is 0 Å². The van der Waals surface area contributed by atoms with Crippen LogP contribution in [0.4, 0.5) is 5.69 Å². The van der Waals surface area contributed by atoms with E-state index in [4.69, 9.17) is 4.74 Å². The van der Waals surface area contributed by atoms with E-state index < -0.39 is 4.08 Å². The van der Waals surface area contributed by atoms with Crippen LogP contribution in [0.5, 0.6) is 0 Å². The number of nitrogens with zero attached hydrogens (tertiary/aromatic N) is 1. The Morgan fingerprint density at radius 1 is 1.00 bits per heavy atom. The average Bonchev–Trinajstić information content (AvgIpc) is 2.66. The monoisotopic (exact) mass is 389 g/mol. The van der Waals surface area contributed by atoms with E-state index in [1.54, 1.807) is 23.5 Å². The number of rotatable bonds is 2. The molecule has 0 aromatic heterocycles. The number of para-hydroxylation sites is 1. The van der Waals surface area contributed by atoms with Crippen LogP contribution in [0.15, 0.2) is 41.7 Å². The molecule has 2 heterocycles. The van der Waals surface area contributed by atoms with Crippen molar-refractivity contribution < 1.29 is 9.53 Å². The summed E-state index contributed by atoms with van der Waals surface area (Å²) in [6, 6.07) is 10.6. The first-order chi connectivity index (χ1) is 12.7. The summed E-state index contributed by atoms with van der Waals surface area (Å²) < 4.78 is 5.48. The molecule has 1 spiro atoms. The maximum Gasteiger partial charge on any atom is 0.340 e. The molecular formula is C21H27NO2S2. The maximum absolute atomic E-state index is 13.2. The number of hydrogen-bond acceptors (Lipinski definition) is 5. The van der Waals surface area contributed by atoms with Crippen LogP contribution in [0.1, 0.15) is 44.9 Å². The van der Waals surface area contributed by atoms with Gasteiger partial charge in [0, 0.05) is 19.2 Å². The van der Waals surface area contributed by atoms with Crippen molar-refractivity contribution in [2.75, 3.05) is 23.5 Å². The normalized spacial score (nSPS) is 25.9. The summed E-state index contributed by atoms with van der Waals surface area (Å²) in [4.78, 5) is 15.6. The molecular weight excluding hydrogens is 362 g/mol. The van der Waals surface area contributed by atoms with Crippen LogP contribution in [0.25, 0.3) is 0 Å². The molecule has 2 aliphatic heterocycles. The average molecular weight is 390 g/mol. The van der Waals surface area contributed by atoms with Gasteiger partial charge in [-0.15, -0.1) is 23.5 Å². The van der Waals surface area contributed by atoms with Crippen LogP contribution < -0.4 is 4.90 Å². The summed E-state index contributed by atoms with van der Waals surface area (Å²) in [6.07, 6.45) is 7.96. The Balaban J connectivity index is 1.80. The Hall–Kier alpha value is -1.07. The van der Waals surface area contributed by atoms with Crippen molar-refractivity contribution in [2.24, 2.45) is 0 Å². The second-order valence-electron chi connectivity index (χ2n) is 7.32. The van der Waals surface area contributed by atoms with Gasteiger partial charge in [0.15, 0.2) is 4.08 Å². The van der Waals surface area contributed by atoms with E-state index in [0.717, 1.165) is 42.9 Å². The topological polar surface area (TPSA) is 29.5 Å². The van der Waals surface area contributed by atoms with Crippen LogP contribution in [0.2, 0.25) is 0 Å². The number of esters is 1. The van der Waals surface area contributed by atoms with Gasteiger partial charge < -0.3 is 9.64 Å². The SMILES string of the molecule is CN(c1ccccc1)C1C2=C(CCCCCC2)OC(=O)C12SCCCS2. The summed E-state index contributed by atoms with van der Waals surface area (Å²) in [7, 11) is 2.15. The zero-order chi connectivity index (χ0) is 18.0. The van der Waals surface area contributed by atoms with E-state index >= 15 is 0 Å². The number of allylic oxidation sites excluding steroid dienone is 1. The number of carbonyl (C=O) groups is 1. The van der Waals surface area contributed by atoms with E-state index in [0.29, 0.717) is 0 Å². The van der Waals surface area contributed by atoms with Crippen molar-refractivity contribution >= 4 is 35.2 Å². The first-order valence-electron chi connectivity index (χ1n) is 9.72. The van der Waals surface area contributed by atoms with E-state index in [9.17, 15) is 4.79 Å². The molecule has 1 atom stereocenters. The van der Waals surface area contributed by atoms with Crippen LogP contribution in [-0.4, -0.2) is 34.6 Å². The van der Waals surface area contributed by atoms with Crippen LogP contribution in [0, 0.1) is 0 Å². The molecule has 0 bridgehead atoms. The Bertz CT molecular complexity index is 683. The van der Waals surface area contributed by atoms with Crippen molar-refractivity contribution in [1.82, 2.24) is 0 Å². The highest BCUT2D eigenvalue weighted by atomic mass is 32.2. The third kappa shape index (κ3) is 3.29. The number of anilines is 1. The first-order valence-corrected chi connectivity index (χ1v) is 11.7. The zero-order valence-electron chi connectivity index (χ0n) is 15.4. The third-order valence-electron chi connectivity index (χ3n) is 5.62. The smallest absolute Gasteiger partial charge is 0.340 e. The third-order valence-corrected chi connectivity index (χ3v) is 8.95. The van der Waals surface area contributed by atoms with Gasteiger partial charge in [-0.1, -0.05) is 31.0 Å². The Labute approximate surface area is 164 Å². The Kier molecular flexibility index (Phi) is 5.55. The molecule has 1 aromatic carbocycles. The fraction of sp³-hybridized carbons (Fsp3) is 0.571. The molecule has 0 saturated carbocycles. The lowest BCUT2D eigenvalue weighted by Gasteiger charge is -2.49. The van der Waals surface area contributed by atoms with E-state index in [-0.39, 0.29) is 12.0 Å². The van der Waals surface area contributed by atoms with Gasteiger partial charge in [-0.25, -0.2) is 4.79 Å². The standard InChI is InChI=1S/C21H27NO2S2/c1-22(16-10-5-4-6-11-16)19-17-12-7-2-3-8-13-18(17)24-20(23)21(19)25-14-9-15-26-21/h4-6,10-11,19H,2-3,7-9,12-15H2,1H3. The fourth-order valence-electron chi connectivity index (χ4n) is 4.31. The highest BCUT2D eigenvalue weighted by Gasteiger charge is 2.56. The van der Waals surface area contributed by atoms with Crippen LogP contribution >= 0.6 is 23.5 Å². The maximum atomic E-state index is 13.2. The number of hydrogen-bond donors (Lipinski definition) is 0. The van der Waals surface area contributed by atoms with Crippen molar-refractivity contribution in [3.05, 3.63) is 41.7 Å². The van der Waals surface area contributed by atoms with Crippen LogP contribution in [-0.2, 0) is 9.53 Å². The number of thioether (sulfide) groups is 2. The minimum atomic E-state index is -0.527. The van der Waals surface area contributed by atoms with E-state index in [1.165, 1.54) is 30.5 Å². The molecule has 26 heavy (non-hydrogen) atoms. The number of likely N-dealkylation sites (N-methyl/N-ethyl adjacent to an activating group) is 1. The molecule has 140 valence electrons. The van der Waals surface area contributed by atoms with Gasteiger partial charge in [-0.05, 0) is 54.9 Å². The molecule has 1 fully saturated rings. The fourth-order valence-corrected chi connectivity index (χ4v) is 7.74. The quantitative estimate of drug-likeness (QED) is 0.647. The van der Waals surface area contributed by atoms with Gasteiger partial charge in [0.05, 0.1) is 6.04 Å². The molecule has 0 N–H and O–H groups in total. The predicted molar refractivity (Wildman–Crippen MR) is 112 cm³/mol. The lowest BCUT2D eigenvalue weighted by atomic mass is 9.88. The van der Waals surface area contributed by atoms with Gasteiger partial charge in [0.25, 0.3) is 0 Å². The lowest BCUT2D eigenvalue weighted by molar-refractivity contribution is -0.141. The van der Waals surface area contributed by atoms with E-state index in [2.05, 4.69) is 36.2 Å². The molecule has 1 aliphatic carbocycles. The molecule has 3 nitrogen and oxygen atoms in total. The molecule has 1 saturated heterocycles. The largest absolute Gasteiger partial charge is 0.429 e. The van der Waals surface area contributed by atoms with Gasteiger partial charge >= 0.3 is 5.97 Å². The minimum Gasteiger partial charge on any atom is -0.429 e. The summed E-state index contributed by atoms with van der Waals surface area (Å²) in [6.45, 7) is 0. The van der Waals surface area contributed by atoms with Crippen molar-refractivity contribution in [2.45, 2.75) is 55.1 Å². The molecule has 0 amide bonds. The molecule has 4 rings (SSSR count). The number of ether oxygens (including phenoxy) is 1. The molecule has 1 aromatic rings. The second kappa shape index (κ2) is 7.89.